The molecule has 122 valence electrons. The molecule has 1 aliphatic carbocycles. The Morgan fingerprint density at radius 3 is 2.86 bits per heavy atom. The quantitative estimate of drug-likeness (QED) is 0.924. The number of imidazole rings is 1. The van der Waals surface area contributed by atoms with Gasteiger partial charge in [0.15, 0.2) is 0 Å². The lowest BCUT2D eigenvalue weighted by atomic mass is 9.75. The Morgan fingerprint density at radius 2 is 2.14 bits per heavy atom. The van der Waals surface area contributed by atoms with Crippen molar-refractivity contribution in [2.75, 3.05) is 13.1 Å². The third kappa shape index (κ3) is 3.46. The Kier molecular flexibility index (Phi) is 5.03. The van der Waals surface area contributed by atoms with Crippen LogP contribution >= 0.6 is 11.6 Å². The molecular formula is C16H25ClN4O. The Hall–Kier alpha value is -1.07. The van der Waals surface area contributed by atoms with Crippen molar-refractivity contribution < 1.29 is 4.79 Å². The van der Waals surface area contributed by atoms with Gasteiger partial charge in [-0.15, -0.1) is 0 Å². The molecule has 1 aromatic rings. The van der Waals surface area contributed by atoms with E-state index < -0.39 is 6.04 Å². The molecule has 1 saturated heterocycles. The number of aromatic nitrogens is 2. The summed E-state index contributed by atoms with van der Waals surface area (Å²) in [5, 5.41) is 0.447. The van der Waals surface area contributed by atoms with Crippen molar-refractivity contribution in [2.24, 2.45) is 17.6 Å². The summed E-state index contributed by atoms with van der Waals surface area (Å²) in [6.45, 7) is 2.41. The number of carbonyl (C=O) groups is 1. The van der Waals surface area contributed by atoms with Gasteiger partial charge < -0.3 is 15.2 Å². The summed E-state index contributed by atoms with van der Waals surface area (Å²) in [6, 6.07) is -0.446. The van der Waals surface area contributed by atoms with Crippen LogP contribution in [0.4, 0.5) is 0 Å². The molecule has 1 saturated carbocycles. The summed E-state index contributed by atoms with van der Waals surface area (Å²) in [5.74, 6) is 1.63. The molecule has 0 spiro atoms. The largest absolute Gasteiger partial charge is 0.341 e. The molecular weight excluding hydrogens is 300 g/mol. The van der Waals surface area contributed by atoms with Gasteiger partial charge in [0, 0.05) is 32.0 Å². The number of nitrogens with zero attached hydrogens (tertiary/aromatic N) is 3. The highest BCUT2D eigenvalue weighted by atomic mass is 35.5. The number of aryl methyl sites for hydroxylation is 1. The predicted octanol–water partition coefficient (Wildman–Crippen LogP) is 2.29. The lowest BCUT2D eigenvalue weighted by Crippen LogP contribution is -2.50. The van der Waals surface area contributed by atoms with Gasteiger partial charge in [-0.3, -0.25) is 4.79 Å². The molecule has 5 nitrogen and oxygen atoms in total. The van der Waals surface area contributed by atoms with Gasteiger partial charge in [0.1, 0.15) is 0 Å². The zero-order valence-electron chi connectivity index (χ0n) is 13.0. The summed E-state index contributed by atoms with van der Waals surface area (Å²) >= 11 is 5.94. The summed E-state index contributed by atoms with van der Waals surface area (Å²) in [5.41, 5.74) is 6.11. The highest BCUT2D eigenvalue weighted by molar-refractivity contribution is 6.28. The molecule has 2 heterocycles. The van der Waals surface area contributed by atoms with E-state index in [0.717, 1.165) is 25.4 Å². The highest BCUT2D eigenvalue weighted by Crippen LogP contribution is 2.36. The second-order valence-electron chi connectivity index (χ2n) is 6.66. The first kappa shape index (κ1) is 15.8. The molecule has 1 aromatic heterocycles. The molecule has 1 amide bonds. The highest BCUT2D eigenvalue weighted by Gasteiger charge is 2.34. The fourth-order valence-corrected chi connectivity index (χ4v) is 4.11. The molecule has 2 fully saturated rings. The Labute approximate surface area is 136 Å². The maximum absolute atomic E-state index is 12.6. The Morgan fingerprint density at radius 1 is 1.36 bits per heavy atom. The zero-order valence-corrected chi connectivity index (χ0v) is 13.7. The van der Waals surface area contributed by atoms with Gasteiger partial charge in [0.05, 0.1) is 6.04 Å². The summed E-state index contributed by atoms with van der Waals surface area (Å²) in [4.78, 5) is 18.5. The van der Waals surface area contributed by atoms with Crippen molar-refractivity contribution in [1.82, 2.24) is 14.5 Å². The van der Waals surface area contributed by atoms with Gasteiger partial charge in [-0.25, -0.2) is 4.98 Å². The van der Waals surface area contributed by atoms with Crippen LogP contribution in [-0.4, -0.2) is 39.5 Å². The zero-order chi connectivity index (χ0) is 15.5. The van der Waals surface area contributed by atoms with E-state index in [1.54, 1.807) is 6.20 Å². The van der Waals surface area contributed by atoms with E-state index in [1.807, 2.05) is 15.7 Å². The molecule has 22 heavy (non-hydrogen) atoms. The van der Waals surface area contributed by atoms with Gasteiger partial charge >= 0.3 is 0 Å². The van der Waals surface area contributed by atoms with E-state index >= 15 is 0 Å². The van der Waals surface area contributed by atoms with Crippen LogP contribution in [0.3, 0.4) is 0 Å². The van der Waals surface area contributed by atoms with Crippen molar-refractivity contribution in [2.45, 2.75) is 51.1 Å². The minimum atomic E-state index is -0.446. The first-order valence-electron chi connectivity index (χ1n) is 8.36. The SMILES string of the molecule is NC(CCn1ccnc1Cl)C(=O)N1CC[C@H]2CCCC[C@H]2C1. The molecule has 3 rings (SSSR count). The minimum absolute atomic E-state index is 0.0975. The van der Waals surface area contributed by atoms with Gasteiger partial charge in [0.25, 0.3) is 0 Å². The second-order valence-corrected chi connectivity index (χ2v) is 7.00. The number of fused-ring (bicyclic) bond motifs is 1. The van der Waals surface area contributed by atoms with Crippen LogP contribution in [0.25, 0.3) is 0 Å². The van der Waals surface area contributed by atoms with Crippen LogP contribution < -0.4 is 5.73 Å². The van der Waals surface area contributed by atoms with E-state index in [2.05, 4.69) is 4.98 Å². The van der Waals surface area contributed by atoms with E-state index in [-0.39, 0.29) is 5.91 Å². The predicted molar refractivity (Wildman–Crippen MR) is 86.5 cm³/mol. The summed E-state index contributed by atoms with van der Waals surface area (Å²) < 4.78 is 1.82. The molecule has 1 aliphatic heterocycles. The fraction of sp³-hybridized carbons (Fsp3) is 0.750. The van der Waals surface area contributed by atoms with Crippen molar-refractivity contribution in [3.63, 3.8) is 0 Å². The number of rotatable bonds is 4. The van der Waals surface area contributed by atoms with Crippen LogP contribution in [0.15, 0.2) is 12.4 Å². The van der Waals surface area contributed by atoms with Crippen molar-refractivity contribution in [3.05, 3.63) is 17.7 Å². The third-order valence-corrected chi connectivity index (χ3v) is 5.58. The molecule has 1 unspecified atom stereocenters. The minimum Gasteiger partial charge on any atom is -0.341 e. The van der Waals surface area contributed by atoms with Crippen LogP contribution in [0.5, 0.6) is 0 Å². The van der Waals surface area contributed by atoms with Crippen molar-refractivity contribution >= 4 is 17.5 Å². The molecule has 2 N–H and O–H groups in total. The van der Waals surface area contributed by atoms with Crippen LogP contribution in [0.2, 0.25) is 5.28 Å². The number of piperidine rings is 1. The van der Waals surface area contributed by atoms with Crippen molar-refractivity contribution in [3.8, 4) is 0 Å². The number of carbonyl (C=O) groups excluding carboxylic acids is 1. The third-order valence-electron chi connectivity index (χ3n) is 5.27. The van der Waals surface area contributed by atoms with E-state index in [4.69, 9.17) is 17.3 Å². The molecule has 3 atom stereocenters. The first-order chi connectivity index (χ1) is 10.6. The average molecular weight is 325 g/mol. The van der Waals surface area contributed by atoms with E-state index in [1.165, 1.54) is 25.7 Å². The fourth-order valence-electron chi connectivity index (χ4n) is 3.91. The maximum atomic E-state index is 12.6. The Balaban J connectivity index is 1.51. The van der Waals surface area contributed by atoms with Crippen LogP contribution in [0, 0.1) is 11.8 Å². The lowest BCUT2D eigenvalue weighted by Gasteiger charge is -2.42. The average Bonchev–Trinajstić information content (AvgIpc) is 2.96. The molecule has 0 aromatic carbocycles. The summed E-state index contributed by atoms with van der Waals surface area (Å²) in [6.07, 6.45) is 10.5. The van der Waals surface area contributed by atoms with Crippen LogP contribution in [-0.2, 0) is 11.3 Å². The number of likely N-dealkylation sites (tertiary alicyclic amines) is 1. The first-order valence-corrected chi connectivity index (χ1v) is 8.74. The smallest absolute Gasteiger partial charge is 0.239 e. The Bertz CT molecular complexity index is 518. The van der Waals surface area contributed by atoms with Gasteiger partial charge in [-0.05, 0) is 42.7 Å². The maximum Gasteiger partial charge on any atom is 0.239 e. The topological polar surface area (TPSA) is 64.2 Å². The number of hydrogen-bond acceptors (Lipinski definition) is 3. The molecule has 2 aliphatic rings. The van der Waals surface area contributed by atoms with Crippen LogP contribution in [0.1, 0.15) is 38.5 Å². The normalized spacial score (nSPS) is 26.5. The van der Waals surface area contributed by atoms with Gasteiger partial charge in [-0.2, -0.15) is 0 Å². The number of halogens is 1. The second kappa shape index (κ2) is 7.01. The van der Waals surface area contributed by atoms with Crippen molar-refractivity contribution in [1.29, 1.82) is 0 Å². The molecule has 0 radical (unpaired) electrons. The van der Waals surface area contributed by atoms with Gasteiger partial charge in [0.2, 0.25) is 11.2 Å². The van der Waals surface area contributed by atoms with Gasteiger partial charge in [-0.1, -0.05) is 19.3 Å². The van der Waals surface area contributed by atoms with E-state index in [0.29, 0.717) is 24.2 Å². The molecule has 0 bridgehead atoms. The standard InChI is InChI=1S/C16H25ClN4O/c17-16-19-7-10-20(16)9-6-14(18)15(22)21-8-5-12-3-1-2-4-13(12)11-21/h7,10,12-14H,1-6,8-9,11,18H2/t12-,13+,14?/m1/s1. The number of hydrogen-bond donors (Lipinski definition) is 1. The summed E-state index contributed by atoms with van der Waals surface area (Å²) in [7, 11) is 0. The van der Waals surface area contributed by atoms with E-state index in [9.17, 15) is 4.79 Å². The number of nitrogens with two attached hydrogens (primary N) is 1. The molecule has 6 heteroatoms. The number of amides is 1. The monoisotopic (exact) mass is 324 g/mol. The lowest BCUT2D eigenvalue weighted by molar-refractivity contribution is -0.135.